The fraction of sp³-hybridized carbons (Fsp3) is 0.684. The van der Waals surface area contributed by atoms with Crippen molar-refractivity contribution >= 4 is 22.9 Å². The van der Waals surface area contributed by atoms with Gasteiger partial charge in [-0.15, -0.1) is 11.6 Å². The van der Waals surface area contributed by atoms with E-state index in [9.17, 15) is 8.76 Å². The molecule has 1 aliphatic carbocycles. The molecule has 1 aromatic rings. The van der Waals surface area contributed by atoms with Crippen LogP contribution in [0.5, 0.6) is 5.75 Å². The number of fused-ring (bicyclic) bond motifs is 1. The third-order valence-electron chi connectivity index (χ3n) is 4.93. The number of unbranched alkanes of at least 4 members (excludes halogenated alkanes) is 2. The number of hydrogen-bond acceptors (Lipinski definition) is 4. The molecule has 2 rings (SSSR count). The molecule has 0 aliphatic heterocycles. The van der Waals surface area contributed by atoms with Gasteiger partial charge in [0.15, 0.2) is 0 Å². The van der Waals surface area contributed by atoms with E-state index in [0.29, 0.717) is 31.4 Å². The Morgan fingerprint density at radius 2 is 2.12 bits per heavy atom. The molecule has 0 aromatic heterocycles. The van der Waals surface area contributed by atoms with Gasteiger partial charge in [0, 0.05) is 36.3 Å². The molecule has 0 radical (unpaired) electrons. The van der Waals surface area contributed by atoms with Crippen molar-refractivity contribution in [2.75, 3.05) is 32.6 Å². The lowest BCUT2D eigenvalue weighted by atomic mass is 9.87. The van der Waals surface area contributed by atoms with Gasteiger partial charge in [0.1, 0.15) is 5.75 Å². The van der Waals surface area contributed by atoms with E-state index in [4.69, 9.17) is 16.3 Å². The number of hydrogen-bond donors (Lipinski definition) is 1. The van der Waals surface area contributed by atoms with Gasteiger partial charge >= 0.3 is 0 Å². The summed E-state index contributed by atoms with van der Waals surface area (Å²) in [6.07, 6.45) is 6.93. The standard InChI is InChI=1S/C19H31ClN2O3S/c1-25-19-8-5-7-16-9-10-17(15-18(16)19)21-12-3-2-4-13-22(26(23)24)14-6-11-20/h5,7-8,17,21H,2-4,6,9-15H2,1H3,(H,23,24)/p-1. The number of alkyl halides is 1. The quantitative estimate of drug-likeness (QED) is 0.332. The first kappa shape index (κ1) is 21.6. The Kier molecular flexibility index (Phi) is 9.93. The highest BCUT2D eigenvalue weighted by atomic mass is 35.5. The Morgan fingerprint density at radius 1 is 1.31 bits per heavy atom. The Bertz CT molecular complexity index is 559. The molecule has 148 valence electrons. The van der Waals surface area contributed by atoms with E-state index in [1.165, 1.54) is 15.4 Å². The summed E-state index contributed by atoms with van der Waals surface area (Å²) in [7, 11) is 1.73. The van der Waals surface area contributed by atoms with E-state index < -0.39 is 11.3 Å². The molecule has 1 N–H and O–H groups in total. The number of aryl methyl sites for hydroxylation is 1. The molecule has 0 fully saturated rings. The maximum Gasteiger partial charge on any atom is 0.122 e. The highest BCUT2D eigenvalue weighted by molar-refractivity contribution is 7.76. The molecule has 0 heterocycles. The van der Waals surface area contributed by atoms with E-state index in [0.717, 1.165) is 50.8 Å². The zero-order chi connectivity index (χ0) is 18.8. The van der Waals surface area contributed by atoms with Gasteiger partial charge in [-0.1, -0.05) is 18.6 Å². The Labute approximate surface area is 164 Å². The molecule has 1 aromatic carbocycles. The maximum absolute atomic E-state index is 11.1. The van der Waals surface area contributed by atoms with Crippen molar-refractivity contribution in [3.8, 4) is 5.75 Å². The minimum atomic E-state index is -2.14. The number of nitrogens with zero attached hydrogens (tertiary/aromatic N) is 1. The molecular formula is C19H30ClN2O3S-. The molecule has 26 heavy (non-hydrogen) atoms. The summed E-state index contributed by atoms with van der Waals surface area (Å²) in [5.74, 6) is 1.49. The van der Waals surface area contributed by atoms with Gasteiger partial charge in [-0.05, 0) is 62.3 Å². The molecule has 0 saturated heterocycles. The predicted molar refractivity (Wildman–Crippen MR) is 106 cm³/mol. The number of benzene rings is 1. The number of ether oxygens (including phenoxy) is 1. The summed E-state index contributed by atoms with van der Waals surface area (Å²) >= 11 is 3.49. The normalized spacial score (nSPS) is 17.9. The summed E-state index contributed by atoms with van der Waals surface area (Å²) < 4.78 is 29.3. The van der Waals surface area contributed by atoms with E-state index in [-0.39, 0.29) is 0 Å². The number of nitrogens with one attached hydrogen (secondary N) is 1. The van der Waals surface area contributed by atoms with Crippen LogP contribution in [-0.2, 0) is 24.1 Å². The fourth-order valence-corrected chi connectivity index (χ4v) is 4.19. The van der Waals surface area contributed by atoms with Crippen molar-refractivity contribution in [1.29, 1.82) is 0 Å². The molecular weight excluding hydrogens is 372 g/mol. The highest BCUT2D eigenvalue weighted by Gasteiger charge is 2.20. The SMILES string of the molecule is COc1cccc2c1CC(NCCCCCN(CCCCl)S(=O)[O-])CC2. The van der Waals surface area contributed by atoms with Crippen molar-refractivity contribution < 1.29 is 13.5 Å². The number of rotatable bonds is 12. The second kappa shape index (κ2) is 11.9. The number of methoxy groups -OCH3 is 1. The van der Waals surface area contributed by atoms with E-state index in [1.807, 2.05) is 6.07 Å². The molecule has 5 nitrogen and oxygen atoms in total. The first-order valence-corrected chi connectivity index (χ1v) is 11.0. The van der Waals surface area contributed by atoms with Crippen molar-refractivity contribution in [3.05, 3.63) is 29.3 Å². The average molecular weight is 402 g/mol. The third-order valence-corrected chi connectivity index (χ3v) is 5.99. The van der Waals surface area contributed by atoms with Crippen LogP contribution < -0.4 is 10.1 Å². The minimum Gasteiger partial charge on any atom is -0.760 e. The monoisotopic (exact) mass is 401 g/mol. The van der Waals surface area contributed by atoms with E-state index in [2.05, 4.69) is 17.4 Å². The Hall–Kier alpha value is -0.660. The van der Waals surface area contributed by atoms with Crippen LogP contribution in [0.1, 0.15) is 43.2 Å². The third kappa shape index (κ3) is 6.82. The molecule has 2 unspecified atom stereocenters. The largest absolute Gasteiger partial charge is 0.760 e. The van der Waals surface area contributed by atoms with Gasteiger partial charge in [0.2, 0.25) is 0 Å². The van der Waals surface area contributed by atoms with Crippen LogP contribution in [-0.4, -0.2) is 51.7 Å². The van der Waals surface area contributed by atoms with Crippen LogP contribution in [0.25, 0.3) is 0 Å². The molecule has 7 heteroatoms. The first-order chi connectivity index (χ1) is 12.7. The predicted octanol–water partition coefficient (Wildman–Crippen LogP) is 3.04. The van der Waals surface area contributed by atoms with Gasteiger partial charge in [-0.3, -0.25) is 4.21 Å². The lowest BCUT2D eigenvalue weighted by molar-refractivity contribution is 0.373. The zero-order valence-corrected chi connectivity index (χ0v) is 17.1. The van der Waals surface area contributed by atoms with Gasteiger partial charge in [0.05, 0.1) is 7.11 Å². The Balaban J connectivity index is 1.64. The average Bonchev–Trinajstić information content (AvgIpc) is 2.65. The summed E-state index contributed by atoms with van der Waals surface area (Å²) in [5, 5.41) is 3.65. The van der Waals surface area contributed by atoms with Crippen molar-refractivity contribution in [3.63, 3.8) is 0 Å². The Morgan fingerprint density at radius 3 is 2.85 bits per heavy atom. The maximum atomic E-state index is 11.1. The van der Waals surface area contributed by atoms with Gasteiger partial charge in [-0.25, -0.2) is 4.31 Å². The van der Waals surface area contributed by atoms with Gasteiger partial charge < -0.3 is 14.6 Å². The van der Waals surface area contributed by atoms with Crippen molar-refractivity contribution in [2.24, 2.45) is 0 Å². The van der Waals surface area contributed by atoms with Crippen molar-refractivity contribution in [1.82, 2.24) is 9.62 Å². The number of halogens is 1. The van der Waals surface area contributed by atoms with Crippen LogP contribution >= 0.6 is 11.6 Å². The smallest absolute Gasteiger partial charge is 0.122 e. The van der Waals surface area contributed by atoms with Crippen LogP contribution in [0.4, 0.5) is 0 Å². The van der Waals surface area contributed by atoms with Crippen molar-refractivity contribution in [2.45, 2.75) is 51.0 Å². The van der Waals surface area contributed by atoms with E-state index >= 15 is 0 Å². The zero-order valence-electron chi connectivity index (χ0n) is 15.5. The molecule has 0 saturated carbocycles. The van der Waals surface area contributed by atoms with Gasteiger partial charge in [0.25, 0.3) is 0 Å². The van der Waals surface area contributed by atoms with Gasteiger partial charge in [-0.2, -0.15) is 0 Å². The van der Waals surface area contributed by atoms with Crippen LogP contribution in [0.3, 0.4) is 0 Å². The summed E-state index contributed by atoms with van der Waals surface area (Å²) in [5.41, 5.74) is 2.75. The lowest BCUT2D eigenvalue weighted by Crippen LogP contribution is -2.35. The first-order valence-electron chi connectivity index (χ1n) is 9.44. The highest BCUT2D eigenvalue weighted by Crippen LogP contribution is 2.29. The molecule has 0 spiro atoms. The van der Waals surface area contributed by atoms with Crippen LogP contribution in [0, 0.1) is 0 Å². The summed E-state index contributed by atoms with van der Waals surface area (Å²) in [4.78, 5) is 0. The molecule has 0 amide bonds. The van der Waals surface area contributed by atoms with Crippen LogP contribution in [0.2, 0.25) is 0 Å². The summed E-state index contributed by atoms with van der Waals surface area (Å²) in [6, 6.07) is 6.80. The van der Waals surface area contributed by atoms with E-state index in [1.54, 1.807) is 7.11 Å². The molecule has 1 aliphatic rings. The topological polar surface area (TPSA) is 64.6 Å². The second-order valence-electron chi connectivity index (χ2n) is 6.74. The van der Waals surface area contributed by atoms with Crippen LogP contribution in [0.15, 0.2) is 18.2 Å². The minimum absolute atomic E-state index is 0.493. The summed E-state index contributed by atoms with van der Waals surface area (Å²) in [6.45, 7) is 2.07. The molecule has 2 atom stereocenters. The fourth-order valence-electron chi connectivity index (χ4n) is 3.51. The lowest BCUT2D eigenvalue weighted by Gasteiger charge is -2.27. The second-order valence-corrected chi connectivity index (χ2v) is 8.07. The molecule has 0 bridgehead atoms.